The van der Waals surface area contributed by atoms with E-state index in [1.54, 1.807) is 16.7 Å². The van der Waals surface area contributed by atoms with E-state index in [1.807, 2.05) is 66.9 Å². The van der Waals surface area contributed by atoms with E-state index in [0.29, 0.717) is 35.6 Å². The Hall–Kier alpha value is -3.76. The van der Waals surface area contributed by atoms with E-state index in [9.17, 15) is 10.1 Å². The molecule has 0 bridgehead atoms. The molecule has 5 rings (SSSR count). The van der Waals surface area contributed by atoms with Gasteiger partial charge < -0.3 is 5.73 Å². The molecule has 7 heteroatoms. The van der Waals surface area contributed by atoms with Gasteiger partial charge in [-0.25, -0.2) is 0 Å². The number of carbonyl (C=O) groups excluding carboxylic acids is 1. The lowest BCUT2D eigenvalue weighted by Gasteiger charge is -2.40. The number of aromatic amines is 1. The summed E-state index contributed by atoms with van der Waals surface area (Å²) in [5.74, 6) is 0.677. The Morgan fingerprint density at radius 2 is 1.88 bits per heavy atom. The van der Waals surface area contributed by atoms with E-state index in [0.717, 1.165) is 27.4 Å². The van der Waals surface area contributed by atoms with Crippen LogP contribution in [0.3, 0.4) is 0 Å². The maximum absolute atomic E-state index is 13.4. The number of nitrogens with two attached hydrogens (primary N) is 1. The Balaban J connectivity index is 1.67. The van der Waals surface area contributed by atoms with E-state index in [4.69, 9.17) is 5.73 Å². The minimum absolute atomic E-state index is 0.0664. The highest BCUT2D eigenvalue weighted by Gasteiger charge is 2.42. The van der Waals surface area contributed by atoms with Crippen LogP contribution in [0.15, 0.2) is 88.2 Å². The lowest BCUT2D eigenvalue weighted by atomic mass is 9.73. The Morgan fingerprint density at radius 3 is 2.56 bits per heavy atom. The van der Waals surface area contributed by atoms with Crippen molar-refractivity contribution in [2.75, 3.05) is 11.2 Å². The molecule has 0 amide bonds. The molecule has 1 aliphatic carbocycles. The third-order valence-corrected chi connectivity index (χ3v) is 7.24. The molecule has 0 saturated carbocycles. The van der Waals surface area contributed by atoms with Crippen molar-refractivity contribution < 1.29 is 4.79 Å². The van der Waals surface area contributed by atoms with Crippen LogP contribution in [0.5, 0.6) is 0 Å². The molecule has 2 heterocycles. The fraction of sp³-hybridized carbons (Fsp3) is 0.222. The van der Waals surface area contributed by atoms with Crippen molar-refractivity contribution in [3.05, 3.63) is 88.9 Å². The van der Waals surface area contributed by atoms with Gasteiger partial charge in [-0.2, -0.15) is 10.4 Å². The van der Waals surface area contributed by atoms with Gasteiger partial charge in [0.25, 0.3) is 0 Å². The molecular weight excluding hydrogens is 442 g/mol. The molecule has 2 aliphatic rings. The molecule has 3 aromatic rings. The third-order valence-electron chi connectivity index (χ3n) is 6.50. The van der Waals surface area contributed by atoms with Gasteiger partial charge in [0.05, 0.1) is 23.3 Å². The number of nitrogens with one attached hydrogen (secondary N) is 1. The molecule has 2 aromatic carbocycles. The number of allylic oxidation sites excluding steroid dienone is 3. The first-order valence-corrected chi connectivity index (χ1v) is 12.4. The van der Waals surface area contributed by atoms with Crippen LogP contribution < -0.4 is 10.6 Å². The molecule has 1 aliphatic heterocycles. The predicted octanol–water partition coefficient (Wildman–Crippen LogP) is 5.35. The topological polar surface area (TPSA) is 98.8 Å². The number of nitrogens with zero attached hydrogens (tertiary/aromatic N) is 3. The largest absolute Gasteiger partial charge is 0.384 e. The van der Waals surface area contributed by atoms with E-state index in [-0.39, 0.29) is 11.7 Å². The summed E-state index contributed by atoms with van der Waals surface area (Å²) in [5.41, 5.74) is 11.3. The molecule has 0 spiro atoms. The number of rotatable bonds is 4. The maximum atomic E-state index is 13.4. The second-order valence-electron chi connectivity index (χ2n) is 8.76. The summed E-state index contributed by atoms with van der Waals surface area (Å²) in [7, 11) is 0. The van der Waals surface area contributed by atoms with E-state index >= 15 is 0 Å². The minimum Gasteiger partial charge on any atom is -0.384 e. The Bertz CT molecular complexity index is 1350. The standard InChI is InChI=1S/C27H25N5OS/c1-16-12-22-26(23(33)13-16)25(18-8-10-19(34-2)11-9-18)20(15-28)27(29)32(22)24-14-21(30-31-24)17-6-4-3-5-7-17/h3-11,14,16,25H,12-13,29H2,1-2H3,(H,30,31). The number of thioether (sulfide) groups is 1. The fourth-order valence-electron chi connectivity index (χ4n) is 4.90. The molecule has 2 unspecified atom stereocenters. The predicted molar refractivity (Wildman–Crippen MR) is 135 cm³/mol. The zero-order valence-electron chi connectivity index (χ0n) is 19.1. The first-order valence-electron chi connectivity index (χ1n) is 11.2. The normalized spacial score (nSPS) is 20.4. The van der Waals surface area contributed by atoms with Crippen molar-refractivity contribution in [3.8, 4) is 17.3 Å². The second kappa shape index (κ2) is 8.88. The van der Waals surface area contributed by atoms with Gasteiger partial charge in [0.15, 0.2) is 11.6 Å². The van der Waals surface area contributed by atoms with Crippen LogP contribution in [0, 0.1) is 17.2 Å². The van der Waals surface area contributed by atoms with Crippen molar-refractivity contribution in [1.82, 2.24) is 10.2 Å². The summed E-state index contributed by atoms with van der Waals surface area (Å²) < 4.78 is 0. The van der Waals surface area contributed by atoms with E-state index in [2.05, 4.69) is 23.2 Å². The van der Waals surface area contributed by atoms with E-state index in [1.165, 1.54) is 0 Å². The quantitative estimate of drug-likeness (QED) is 0.502. The number of anilines is 1. The number of aromatic nitrogens is 2. The number of hydrogen-bond donors (Lipinski definition) is 2. The lowest BCUT2D eigenvalue weighted by molar-refractivity contribution is -0.117. The van der Waals surface area contributed by atoms with Crippen LogP contribution in [0.4, 0.5) is 5.82 Å². The molecule has 3 N–H and O–H groups in total. The first kappa shape index (κ1) is 22.1. The average molecular weight is 468 g/mol. The van der Waals surface area contributed by atoms with Crippen molar-refractivity contribution in [1.29, 1.82) is 5.26 Å². The molecule has 2 atom stereocenters. The number of hydrogen-bond acceptors (Lipinski definition) is 6. The zero-order valence-corrected chi connectivity index (χ0v) is 19.9. The van der Waals surface area contributed by atoms with E-state index < -0.39 is 5.92 Å². The average Bonchev–Trinajstić information content (AvgIpc) is 3.33. The SMILES string of the molecule is CSc1ccc(C2C(C#N)=C(N)N(c3cc(-c4ccccc4)[nH]n3)C3=C2C(=O)CC(C)C3)cc1. The number of Topliss-reactive ketones (excluding diaryl/α,β-unsaturated/α-hetero) is 1. The van der Waals surface area contributed by atoms with Gasteiger partial charge in [0.1, 0.15) is 5.82 Å². The first-order chi connectivity index (χ1) is 16.5. The molecular formula is C27H25N5OS. The fourth-order valence-corrected chi connectivity index (χ4v) is 5.31. The number of ketones is 1. The summed E-state index contributed by atoms with van der Waals surface area (Å²) in [4.78, 5) is 16.4. The number of H-pyrrole nitrogens is 1. The summed E-state index contributed by atoms with van der Waals surface area (Å²) in [6, 6.07) is 22.2. The lowest BCUT2D eigenvalue weighted by Crippen LogP contribution is -2.40. The minimum atomic E-state index is -0.473. The van der Waals surface area contributed by atoms with Crippen molar-refractivity contribution >= 4 is 23.4 Å². The summed E-state index contributed by atoms with van der Waals surface area (Å²) in [5, 5.41) is 17.8. The van der Waals surface area contributed by atoms with Gasteiger partial charge in [0.2, 0.25) is 0 Å². The Morgan fingerprint density at radius 1 is 1.15 bits per heavy atom. The maximum Gasteiger partial charge on any atom is 0.161 e. The Labute approximate surface area is 203 Å². The van der Waals surface area contributed by atoms with Crippen molar-refractivity contribution in [2.24, 2.45) is 11.7 Å². The van der Waals surface area contributed by atoms with Gasteiger partial charge >= 0.3 is 0 Å². The number of benzene rings is 2. The highest BCUT2D eigenvalue weighted by atomic mass is 32.2. The van der Waals surface area contributed by atoms with Gasteiger partial charge in [-0.1, -0.05) is 49.4 Å². The van der Waals surface area contributed by atoms with Crippen molar-refractivity contribution in [3.63, 3.8) is 0 Å². The molecule has 0 saturated heterocycles. The number of nitriles is 1. The monoisotopic (exact) mass is 467 g/mol. The van der Waals surface area contributed by atoms with Gasteiger partial charge in [-0.15, -0.1) is 11.8 Å². The number of carbonyl (C=O) groups is 1. The Kier molecular flexibility index (Phi) is 5.76. The van der Waals surface area contributed by atoms with Crippen LogP contribution in [0.1, 0.15) is 31.2 Å². The summed E-state index contributed by atoms with van der Waals surface area (Å²) in [6.45, 7) is 2.07. The zero-order chi connectivity index (χ0) is 23.8. The van der Waals surface area contributed by atoms with Crippen LogP contribution >= 0.6 is 11.8 Å². The summed E-state index contributed by atoms with van der Waals surface area (Å²) in [6.07, 6.45) is 3.17. The molecule has 34 heavy (non-hydrogen) atoms. The summed E-state index contributed by atoms with van der Waals surface area (Å²) >= 11 is 1.65. The van der Waals surface area contributed by atoms with Crippen molar-refractivity contribution in [2.45, 2.75) is 30.6 Å². The van der Waals surface area contributed by atoms with Gasteiger partial charge in [0, 0.05) is 28.7 Å². The van der Waals surface area contributed by atoms with Crippen LogP contribution in [-0.2, 0) is 4.79 Å². The molecule has 0 fully saturated rings. The van der Waals surface area contributed by atoms with Crippen LogP contribution in [0.2, 0.25) is 0 Å². The highest BCUT2D eigenvalue weighted by Crippen LogP contribution is 2.47. The van der Waals surface area contributed by atoms with Gasteiger partial charge in [-0.05, 0) is 41.9 Å². The molecule has 170 valence electrons. The smallest absolute Gasteiger partial charge is 0.161 e. The van der Waals surface area contributed by atoms with Gasteiger partial charge in [-0.3, -0.25) is 14.8 Å². The molecule has 0 radical (unpaired) electrons. The second-order valence-corrected chi connectivity index (χ2v) is 9.63. The van der Waals surface area contributed by atoms with Crippen LogP contribution in [0.25, 0.3) is 11.3 Å². The van der Waals surface area contributed by atoms with Crippen LogP contribution in [-0.4, -0.2) is 22.2 Å². The highest BCUT2D eigenvalue weighted by molar-refractivity contribution is 7.98. The molecule has 6 nitrogen and oxygen atoms in total. The molecule has 1 aromatic heterocycles. The third kappa shape index (κ3) is 3.70.